The number of hydrogen-bond donors (Lipinski definition) is 4. The highest BCUT2D eigenvalue weighted by molar-refractivity contribution is 8.00. The summed E-state index contributed by atoms with van der Waals surface area (Å²) in [6.45, 7) is 7.68. The van der Waals surface area contributed by atoms with Crippen LogP contribution in [0.25, 0.3) is 10.9 Å². The molecule has 9 nitrogen and oxygen atoms in total. The first kappa shape index (κ1) is 26.4. The number of fused-ring (bicyclic) bond motifs is 1. The van der Waals surface area contributed by atoms with Crippen molar-refractivity contribution in [3.8, 4) is 0 Å². The van der Waals surface area contributed by atoms with E-state index in [9.17, 15) is 19.5 Å². The molecule has 3 atom stereocenters. The Labute approximate surface area is 219 Å². The van der Waals surface area contributed by atoms with Gasteiger partial charge in [-0.3, -0.25) is 19.5 Å². The molecule has 1 aliphatic heterocycles. The number of aromatic amines is 1. The number of carbonyl (C=O) groups excluding carboxylic acids is 3. The van der Waals surface area contributed by atoms with Gasteiger partial charge in [-0.1, -0.05) is 42.5 Å². The number of thioether (sulfide) groups is 1. The summed E-state index contributed by atoms with van der Waals surface area (Å²) in [4.78, 5) is 41.3. The summed E-state index contributed by atoms with van der Waals surface area (Å²) in [5, 5.41) is 24.4. The van der Waals surface area contributed by atoms with E-state index in [-0.39, 0.29) is 24.7 Å². The standard InChI is InChI=1S/C27H31N5O4S/c1-4-13-28-25(35)23-27(2,3)37-16-32(23)26(36)22(33)21(14-17-9-6-5-7-10-17)30-24(34)18-11-8-12-20-19(18)15-29-31-20/h4-12,15,21-23,33H,1,13-14,16H2,2-3H3,(H,28,35)(H,29,31)(H,30,34). The number of aliphatic hydroxyl groups is 1. The van der Waals surface area contributed by atoms with Crippen LogP contribution in [0.5, 0.6) is 0 Å². The second-order valence-corrected chi connectivity index (χ2v) is 11.1. The molecule has 4 N–H and O–H groups in total. The van der Waals surface area contributed by atoms with Gasteiger partial charge in [-0.15, -0.1) is 18.3 Å². The van der Waals surface area contributed by atoms with E-state index in [1.54, 1.807) is 24.4 Å². The van der Waals surface area contributed by atoms with Crippen LogP contribution >= 0.6 is 11.8 Å². The second-order valence-electron chi connectivity index (χ2n) is 9.47. The normalized spacial score (nSPS) is 18.2. The average molecular weight is 522 g/mol. The van der Waals surface area contributed by atoms with Crippen molar-refractivity contribution in [2.75, 3.05) is 12.4 Å². The molecule has 4 rings (SSSR count). The lowest BCUT2D eigenvalue weighted by molar-refractivity contribution is -0.147. The molecule has 0 bridgehead atoms. The molecule has 2 heterocycles. The summed E-state index contributed by atoms with van der Waals surface area (Å²) in [5.74, 6) is -1.11. The van der Waals surface area contributed by atoms with Gasteiger partial charge in [0.25, 0.3) is 11.8 Å². The van der Waals surface area contributed by atoms with Crippen molar-refractivity contribution in [2.45, 2.75) is 43.2 Å². The molecule has 1 fully saturated rings. The van der Waals surface area contributed by atoms with Gasteiger partial charge < -0.3 is 20.6 Å². The summed E-state index contributed by atoms with van der Waals surface area (Å²) in [7, 11) is 0. The first-order valence-electron chi connectivity index (χ1n) is 12.0. The third kappa shape index (κ3) is 5.70. The molecule has 37 heavy (non-hydrogen) atoms. The van der Waals surface area contributed by atoms with Gasteiger partial charge >= 0.3 is 0 Å². The SMILES string of the molecule is C=CCNC(=O)C1N(C(=O)C(O)C(Cc2ccccc2)NC(=O)c2cccc3[nH]ncc23)CSC1(C)C. The number of aromatic nitrogens is 2. The Balaban J connectivity index is 1.60. The van der Waals surface area contributed by atoms with Gasteiger partial charge in [-0.25, -0.2) is 0 Å². The van der Waals surface area contributed by atoms with Crippen LogP contribution in [-0.2, 0) is 16.0 Å². The Bertz CT molecular complexity index is 1290. The van der Waals surface area contributed by atoms with Crippen LogP contribution in [0.3, 0.4) is 0 Å². The molecule has 0 aliphatic carbocycles. The quantitative estimate of drug-likeness (QED) is 0.320. The van der Waals surface area contributed by atoms with Gasteiger partial charge in [-0.2, -0.15) is 5.10 Å². The number of carbonyl (C=O) groups is 3. The lowest BCUT2D eigenvalue weighted by Crippen LogP contribution is -2.58. The Morgan fingerprint density at radius 2 is 2.00 bits per heavy atom. The third-order valence-corrected chi connectivity index (χ3v) is 7.85. The van der Waals surface area contributed by atoms with Crippen LogP contribution in [-0.4, -0.2) is 73.3 Å². The summed E-state index contributed by atoms with van der Waals surface area (Å²) < 4.78 is -0.560. The molecule has 3 unspecified atom stereocenters. The Kier molecular flexibility index (Phi) is 7.99. The number of H-pyrrole nitrogens is 1. The van der Waals surface area contributed by atoms with E-state index in [0.717, 1.165) is 5.56 Å². The highest BCUT2D eigenvalue weighted by Crippen LogP contribution is 2.39. The molecule has 1 aromatic heterocycles. The van der Waals surface area contributed by atoms with E-state index in [1.807, 2.05) is 50.2 Å². The topological polar surface area (TPSA) is 127 Å². The van der Waals surface area contributed by atoms with Crippen LogP contribution in [0, 0.1) is 0 Å². The number of nitrogens with one attached hydrogen (secondary N) is 3. The van der Waals surface area contributed by atoms with Crippen LogP contribution in [0.1, 0.15) is 29.8 Å². The predicted octanol–water partition coefficient (Wildman–Crippen LogP) is 2.25. The highest BCUT2D eigenvalue weighted by Gasteiger charge is 2.49. The Hall–Kier alpha value is -3.63. The molecule has 1 aliphatic rings. The van der Waals surface area contributed by atoms with Gasteiger partial charge in [0, 0.05) is 16.7 Å². The van der Waals surface area contributed by atoms with Gasteiger partial charge in [-0.05, 0) is 38.0 Å². The van der Waals surface area contributed by atoms with Gasteiger partial charge in [0.2, 0.25) is 5.91 Å². The summed E-state index contributed by atoms with van der Waals surface area (Å²) in [6.07, 6.45) is 1.78. The van der Waals surface area contributed by atoms with Crippen LogP contribution in [0.15, 0.2) is 67.4 Å². The monoisotopic (exact) mass is 521 g/mol. The van der Waals surface area contributed by atoms with Crippen molar-refractivity contribution in [2.24, 2.45) is 0 Å². The number of rotatable bonds is 9. The fourth-order valence-electron chi connectivity index (χ4n) is 4.55. The van der Waals surface area contributed by atoms with Crippen LogP contribution in [0.4, 0.5) is 0 Å². The molecule has 3 amide bonds. The molecule has 10 heteroatoms. The van der Waals surface area contributed by atoms with E-state index in [2.05, 4.69) is 27.4 Å². The first-order chi connectivity index (χ1) is 17.7. The van der Waals surface area contributed by atoms with Gasteiger partial charge in [0.15, 0.2) is 6.10 Å². The number of amides is 3. The van der Waals surface area contributed by atoms with E-state index in [1.165, 1.54) is 16.7 Å². The van der Waals surface area contributed by atoms with Crippen LogP contribution < -0.4 is 10.6 Å². The van der Waals surface area contributed by atoms with E-state index < -0.39 is 34.7 Å². The number of benzene rings is 2. The fourth-order valence-corrected chi connectivity index (χ4v) is 5.69. The van der Waals surface area contributed by atoms with Crippen molar-refractivity contribution in [1.29, 1.82) is 0 Å². The van der Waals surface area contributed by atoms with E-state index in [4.69, 9.17) is 0 Å². The molecule has 2 aromatic carbocycles. The van der Waals surface area contributed by atoms with Crippen LogP contribution in [0.2, 0.25) is 0 Å². The Morgan fingerprint density at radius 3 is 2.73 bits per heavy atom. The molecule has 1 saturated heterocycles. The zero-order valence-electron chi connectivity index (χ0n) is 20.8. The van der Waals surface area contributed by atoms with E-state index in [0.29, 0.717) is 16.5 Å². The minimum Gasteiger partial charge on any atom is -0.381 e. The first-order valence-corrected chi connectivity index (χ1v) is 13.0. The largest absolute Gasteiger partial charge is 0.381 e. The molecule has 0 radical (unpaired) electrons. The van der Waals surface area contributed by atoms with Crippen molar-refractivity contribution >= 4 is 40.4 Å². The maximum atomic E-state index is 13.6. The highest BCUT2D eigenvalue weighted by atomic mass is 32.2. The molecule has 194 valence electrons. The zero-order valence-corrected chi connectivity index (χ0v) is 21.6. The predicted molar refractivity (Wildman–Crippen MR) is 144 cm³/mol. The summed E-state index contributed by atoms with van der Waals surface area (Å²) in [5.41, 5.74) is 1.93. The van der Waals surface area contributed by atoms with Crippen molar-refractivity contribution < 1.29 is 19.5 Å². The smallest absolute Gasteiger partial charge is 0.254 e. The molecule has 0 saturated carbocycles. The molecular weight excluding hydrogens is 490 g/mol. The maximum absolute atomic E-state index is 13.6. The zero-order chi connectivity index (χ0) is 26.6. The lowest BCUT2D eigenvalue weighted by atomic mass is 9.96. The molecule has 3 aromatic rings. The van der Waals surface area contributed by atoms with Crippen molar-refractivity contribution in [1.82, 2.24) is 25.7 Å². The average Bonchev–Trinajstić information content (AvgIpc) is 3.50. The minimum absolute atomic E-state index is 0.221. The number of hydrogen-bond acceptors (Lipinski definition) is 6. The Morgan fingerprint density at radius 1 is 1.24 bits per heavy atom. The number of nitrogens with zero attached hydrogens (tertiary/aromatic N) is 2. The number of aliphatic hydroxyl groups excluding tert-OH is 1. The lowest BCUT2D eigenvalue weighted by Gasteiger charge is -2.33. The summed E-state index contributed by atoms with van der Waals surface area (Å²) in [6, 6.07) is 12.8. The van der Waals surface area contributed by atoms with Crippen molar-refractivity contribution in [3.05, 3.63) is 78.5 Å². The fraction of sp³-hybridized carbons (Fsp3) is 0.333. The minimum atomic E-state index is -1.57. The van der Waals surface area contributed by atoms with E-state index >= 15 is 0 Å². The third-order valence-electron chi connectivity index (χ3n) is 6.48. The maximum Gasteiger partial charge on any atom is 0.254 e. The van der Waals surface area contributed by atoms with Gasteiger partial charge in [0.05, 0.1) is 29.2 Å². The van der Waals surface area contributed by atoms with Crippen molar-refractivity contribution in [3.63, 3.8) is 0 Å². The second kappa shape index (κ2) is 11.2. The molecule has 0 spiro atoms. The summed E-state index contributed by atoms with van der Waals surface area (Å²) >= 11 is 1.46. The molecular formula is C27H31N5O4S. The van der Waals surface area contributed by atoms with Gasteiger partial charge in [0.1, 0.15) is 6.04 Å².